The van der Waals surface area contributed by atoms with Crippen LogP contribution in [0.5, 0.6) is 0 Å². The molecule has 0 saturated heterocycles. The summed E-state index contributed by atoms with van der Waals surface area (Å²) in [5.74, 6) is 1.74. The van der Waals surface area contributed by atoms with Crippen molar-refractivity contribution in [1.29, 1.82) is 0 Å². The fourth-order valence-corrected chi connectivity index (χ4v) is 7.01. The predicted molar refractivity (Wildman–Crippen MR) is 195 cm³/mol. The standard InChI is InChI=1S/C43H26N4O/c1-2-11-27(12-3-1)29-14-10-15-30(25-29)41-44-42(31-21-23-34-33-17-7-9-20-38(33)48-39(34)26-31)46-43(45-41)47-36-19-8-6-18-35(36)40-32-16-5-4-13-28(32)22-24-37(40)47/h1-26H. The van der Waals surface area contributed by atoms with Crippen LogP contribution in [-0.4, -0.2) is 19.5 Å². The molecule has 10 aromatic rings. The number of nitrogens with zero attached hydrogens (tertiary/aromatic N) is 4. The molecule has 0 spiro atoms. The molecular formula is C43H26N4O. The molecule has 0 radical (unpaired) electrons. The van der Waals surface area contributed by atoms with Gasteiger partial charge in [-0.2, -0.15) is 9.97 Å². The van der Waals surface area contributed by atoms with Crippen molar-refractivity contribution in [3.05, 3.63) is 158 Å². The molecule has 224 valence electrons. The third-order valence-corrected chi connectivity index (χ3v) is 9.25. The van der Waals surface area contributed by atoms with E-state index < -0.39 is 0 Å². The second kappa shape index (κ2) is 10.5. The highest BCUT2D eigenvalue weighted by atomic mass is 16.3. The van der Waals surface area contributed by atoms with E-state index in [9.17, 15) is 0 Å². The first-order valence-corrected chi connectivity index (χ1v) is 16.0. The Morgan fingerprint density at radius 1 is 0.396 bits per heavy atom. The molecule has 5 heteroatoms. The largest absolute Gasteiger partial charge is 0.456 e. The van der Waals surface area contributed by atoms with Gasteiger partial charge in [0.1, 0.15) is 11.2 Å². The van der Waals surface area contributed by atoms with Crippen LogP contribution in [0.4, 0.5) is 0 Å². The van der Waals surface area contributed by atoms with Crippen LogP contribution in [0.25, 0.3) is 94.4 Å². The molecule has 0 aliphatic rings. The maximum absolute atomic E-state index is 6.28. The van der Waals surface area contributed by atoms with Crippen molar-refractivity contribution >= 4 is 54.5 Å². The molecular weight excluding hydrogens is 589 g/mol. The zero-order chi connectivity index (χ0) is 31.6. The lowest BCUT2D eigenvalue weighted by atomic mass is 10.0. The van der Waals surface area contributed by atoms with Gasteiger partial charge in [-0.15, -0.1) is 0 Å². The van der Waals surface area contributed by atoms with Crippen molar-refractivity contribution in [2.24, 2.45) is 0 Å². The maximum Gasteiger partial charge on any atom is 0.238 e. The quantitative estimate of drug-likeness (QED) is 0.198. The number of hydrogen-bond donors (Lipinski definition) is 0. The van der Waals surface area contributed by atoms with E-state index in [-0.39, 0.29) is 0 Å². The first-order chi connectivity index (χ1) is 23.8. The maximum atomic E-state index is 6.28. The van der Waals surface area contributed by atoms with Crippen molar-refractivity contribution in [2.45, 2.75) is 0 Å². The average molecular weight is 615 g/mol. The minimum atomic E-state index is 0.561. The Hall–Kier alpha value is -6.59. The van der Waals surface area contributed by atoms with Crippen LogP contribution >= 0.6 is 0 Å². The molecule has 0 atom stereocenters. The van der Waals surface area contributed by atoms with Gasteiger partial charge in [0.05, 0.1) is 11.0 Å². The molecule has 5 nitrogen and oxygen atoms in total. The SMILES string of the molecule is c1ccc(-c2cccc(-c3nc(-c4ccc5c(c4)oc4ccccc45)nc(-n4c5ccccc5c5c6ccccc6ccc54)n3)c2)cc1. The van der Waals surface area contributed by atoms with E-state index in [2.05, 4.69) is 132 Å². The second-order valence-electron chi connectivity index (χ2n) is 12.1. The van der Waals surface area contributed by atoms with Crippen molar-refractivity contribution in [1.82, 2.24) is 19.5 Å². The van der Waals surface area contributed by atoms with Gasteiger partial charge < -0.3 is 4.42 Å². The zero-order valence-corrected chi connectivity index (χ0v) is 25.7. The van der Waals surface area contributed by atoms with Gasteiger partial charge in [-0.25, -0.2) is 4.98 Å². The highest BCUT2D eigenvalue weighted by Crippen LogP contribution is 2.37. The molecule has 7 aromatic carbocycles. The van der Waals surface area contributed by atoms with Crippen LogP contribution in [0, 0.1) is 0 Å². The minimum Gasteiger partial charge on any atom is -0.456 e. The topological polar surface area (TPSA) is 56.7 Å². The fourth-order valence-electron chi connectivity index (χ4n) is 7.01. The van der Waals surface area contributed by atoms with Crippen molar-refractivity contribution in [3.8, 4) is 39.9 Å². The van der Waals surface area contributed by atoms with Crippen LogP contribution in [-0.2, 0) is 0 Å². The average Bonchev–Trinajstić information content (AvgIpc) is 3.71. The van der Waals surface area contributed by atoms with E-state index in [4.69, 9.17) is 19.4 Å². The third-order valence-electron chi connectivity index (χ3n) is 9.25. The number of benzene rings is 7. The van der Waals surface area contributed by atoms with Crippen LogP contribution in [0.3, 0.4) is 0 Å². The van der Waals surface area contributed by atoms with Gasteiger partial charge in [-0.1, -0.05) is 121 Å². The van der Waals surface area contributed by atoms with Gasteiger partial charge >= 0.3 is 0 Å². The molecule has 0 fully saturated rings. The molecule has 48 heavy (non-hydrogen) atoms. The predicted octanol–water partition coefficient (Wildman–Crippen LogP) is 11.0. The van der Waals surface area contributed by atoms with E-state index >= 15 is 0 Å². The zero-order valence-electron chi connectivity index (χ0n) is 25.7. The summed E-state index contributed by atoms with van der Waals surface area (Å²) in [6.45, 7) is 0. The lowest BCUT2D eigenvalue weighted by Gasteiger charge is -2.12. The molecule has 0 amide bonds. The van der Waals surface area contributed by atoms with Crippen molar-refractivity contribution < 1.29 is 4.42 Å². The van der Waals surface area contributed by atoms with Gasteiger partial charge in [0, 0.05) is 32.7 Å². The molecule has 0 bridgehead atoms. The molecule has 0 aliphatic heterocycles. The Morgan fingerprint density at radius 3 is 1.94 bits per heavy atom. The Labute approximate surface area is 275 Å². The van der Waals surface area contributed by atoms with E-state index in [1.807, 2.05) is 30.3 Å². The monoisotopic (exact) mass is 614 g/mol. The molecule has 3 aromatic heterocycles. The smallest absolute Gasteiger partial charge is 0.238 e. The number of para-hydroxylation sites is 2. The normalized spacial score (nSPS) is 11.8. The van der Waals surface area contributed by atoms with Crippen LogP contribution < -0.4 is 0 Å². The Bertz CT molecular complexity index is 2850. The second-order valence-corrected chi connectivity index (χ2v) is 12.1. The Balaban J connectivity index is 1.25. The first kappa shape index (κ1) is 26.6. The van der Waals surface area contributed by atoms with Crippen molar-refractivity contribution in [2.75, 3.05) is 0 Å². The Morgan fingerprint density at radius 2 is 1.06 bits per heavy atom. The summed E-state index contributed by atoms with van der Waals surface area (Å²) in [6.07, 6.45) is 0. The summed E-state index contributed by atoms with van der Waals surface area (Å²) >= 11 is 0. The van der Waals surface area contributed by atoms with Crippen LogP contribution in [0.15, 0.2) is 162 Å². The van der Waals surface area contributed by atoms with E-state index in [0.29, 0.717) is 17.6 Å². The Kier molecular flexibility index (Phi) is 5.81. The molecule has 0 aliphatic carbocycles. The van der Waals surface area contributed by atoms with Crippen LogP contribution in [0.1, 0.15) is 0 Å². The fraction of sp³-hybridized carbons (Fsp3) is 0. The van der Waals surface area contributed by atoms with E-state index in [1.165, 1.54) is 16.2 Å². The van der Waals surface area contributed by atoms with Crippen molar-refractivity contribution in [3.63, 3.8) is 0 Å². The van der Waals surface area contributed by atoms with Gasteiger partial charge in [0.15, 0.2) is 11.6 Å². The number of fused-ring (bicyclic) bond motifs is 8. The molecule has 0 saturated carbocycles. The number of aromatic nitrogens is 4. The highest BCUT2D eigenvalue weighted by Gasteiger charge is 2.20. The van der Waals surface area contributed by atoms with Gasteiger partial charge in [0.25, 0.3) is 0 Å². The molecule has 3 heterocycles. The highest BCUT2D eigenvalue weighted by molar-refractivity contribution is 6.21. The lowest BCUT2D eigenvalue weighted by molar-refractivity contribution is 0.669. The summed E-state index contributed by atoms with van der Waals surface area (Å²) in [6, 6.07) is 54.5. The summed E-state index contributed by atoms with van der Waals surface area (Å²) in [7, 11) is 0. The first-order valence-electron chi connectivity index (χ1n) is 16.0. The number of furan rings is 1. The number of rotatable bonds is 4. The summed E-state index contributed by atoms with van der Waals surface area (Å²) in [5, 5.41) is 6.89. The van der Waals surface area contributed by atoms with Crippen LogP contribution in [0.2, 0.25) is 0 Å². The van der Waals surface area contributed by atoms with Gasteiger partial charge in [0.2, 0.25) is 5.95 Å². The van der Waals surface area contributed by atoms with E-state index in [1.54, 1.807) is 0 Å². The minimum absolute atomic E-state index is 0.561. The number of hydrogen-bond acceptors (Lipinski definition) is 4. The molecule has 0 N–H and O–H groups in total. The van der Waals surface area contributed by atoms with Gasteiger partial charge in [-0.3, -0.25) is 4.57 Å². The lowest BCUT2D eigenvalue weighted by Crippen LogP contribution is -2.06. The molecule has 0 unspecified atom stereocenters. The molecule has 10 rings (SSSR count). The van der Waals surface area contributed by atoms with E-state index in [0.717, 1.165) is 60.6 Å². The summed E-state index contributed by atoms with van der Waals surface area (Å²) in [5.41, 5.74) is 7.75. The van der Waals surface area contributed by atoms with Gasteiger partial charge in [-0.05, 0) is 58.3 Å². The summed E-state index contributed by atoms with van der Waals surface area (Å²) in [4.78, 5) is 15.5. The summed E-state index contributed by atoms with van der Waals surface area (Å²) < 4.78 is 8.45. The third kappa shape index (κ3) is 4.15.